The van der Waals surface area contributed by atoms with Gasteiger partial charge >= 0.3 is 0 Å². The number of ether oxygens (including phenoxy) is 1. The third-order valence-electron chi connectivity index (χ3n) is 3.75. The van der Waals surface area contributed by atoms with E-state index in [-0.39, 0.29) is 11.5 Å². The molecule has 0 bridgehead atoms. The fourth-order valence-electron chi connectivity index (χ4n) is 2.60. The predicted molar refractivity (Wildman–Crippen MR) is 67.5 cm³/mol. The van der Waals surface area contributed by atoms with E-state index in [1.165, 1.54) is 12.8 Å². The van der Waals surface area contributed by atoms with Gasteiger partial charge in [0.2, 0.25) is 0 Å². The van der Waals surface area contributed by atoms with E-state index >= 15 is 0 Å². The number of halogens is 1. The van der Waals surface area contributed by atoms with Crippen LogP contribution in [0.5, 0.6) is 0 Å². The Morgan fingerprint density at radius 2 is 1.78 bits per heavy atom. The number of aryl methyl sites for hydroxylation is 1. The molecule has 1 heterocycles. The minimum atomic E-state index is -0.529. The maximum absolute atomic E-state index is 13.5. The Hall–Kier alpha value is -1.23. The summed E-state index contributed by atoms with van der Waals surface area (Å²) >= 11 is 0. The highest BCUT2D eigenvalue weighted by Crippen LogP contribution is 2.37. The van der Waals surface area contributed by atoms with Crippen LogP contribution in [0.1, 0.15) is 50.0 Å². The van der Waals surface area contributed by atoms with E-state index in [1.54, 1.807) is 14.0 Å². The van der Waals surface area contributed by atoms with Crippen molar-refractivity contribution in [3.63, 3.8) is 0 Å². The number of rotatable bonds is 2. The van der Waals surface area contributed by atoms with Gasteiger partial charge in [0.1, 0.15) is 5.60 Å². The molecule has 0 amide bonds. The average Bonchev–Trinajstić information content (AvgIpc) is 2.61. The summed E-state index contributed by atoms with van der Waals surface area (Å²) in [7, 11) is 1.67. The summed E-state index contributed by atoms with van der Waals surface area (Å²) in [6, 6.07) is 0. The lowest BCUT2D eigenvalue weighted by Gasteiger charge is -2.30. The summed E-state index contributed by atoms with van der Waals surface area (Å²) in [5.41, 5.74) is 5.39. The molecule has 1 aromatic heterocycles. The van der Waals surface area contributed by atoms with Gasteiger partial charge in [-0.05, 0) is 19.8 Å². The van der Waals surface area contributed by atoms with E-state index in [1.807, 2.05) is 0 Å². The zero-order valence-corrected chi connectivity index (χ0v) is 11.0. The van der Waals surface area contributed by atoms with Crippen molar-refractivity contribution in [2.24, 2.45) is 0 Å². The maximum Gasteiger partial charge on any atom is 0.186 e. The maximum atomic E-state index is 13.5. The number of hydrogen-bond acceptors (Lipinski definition) is 4. The summed E-state index contributed by atoms with van der Waals surface area (Å²) in [6.07, 6.45) is 6.28. The predicted octanol–water partition coefficient (Wildman–Crippen LogP) is 2.70. The summed E-state index contributed by atoms with van der Waals surface area (Å²) in [5, 5.41) is 0. The highest BCUT2D eigenvalue weighted by atomic mass is 19.1. The molecule has 0 aliphatic heterocycles. The van der Waals surface area contributed by atoms with Gasteiger partial charge in [-0.15, -0.1) is 0 Å². The van der Waals surface area contributed by atoms with Gasteiger partial charge in [-0.1, -0.05) is 25.7 Å². The fourth-order valence-corrected chi connectivity index (χ4v) is 2.60. The molecule has 2 rings (SSSR count). The average molecular weight is 253 g/mol. The van der Waals surface area contributed by atoms with Crippen LogP contribution in [-0.2, 0) is 10.3 Å². The number of anilines is 1. The van der Waals surface area contributed by atoms with Crippen LogP contribution < -0.4 is 5.73 Å². The third kappa shape index (κ3) is 2.32. The number of nitrogens with two attached hydrogens (primary N) is 1. The van der Waals surface area contributed by atoms with Crippen molar-refractivity contribution in [1.82, 2.24) is 9.97 Å². The van der Waals surface area contributed by atoms with Crippen molar-refractivity contribution in [1.29, 1.82) is 0 Å². The van der Waals surface area contributed by atoms with Gasteiger partial charge in [-0.25, -0.2) is 14.4 Å². The topological polar surface area (TPSA) is 61.0 Å². The van der Waals surface area contributed by atoms with Gasteiger partial charge in [-0.3, -0.25) is 0 Å². The van der Waals surface area contributed by atoms with Gasteiger partial charge in [0.25, 0.3) is 0 Å². The molecule has 0 spiro atoms. The van der Waals surface area contributed by atoms with Crippen molar-refractivity contribution in [2.45, 2.75) is 51.0 Å². The molecule has 0 atom stereocenters. The van der Waals surface area contributed by atoms with Crippen LogP contribution in [-0.4, -0.2) is 17.1 Å². The number of nitrogen functional groups attached to an aromatic ring is 1. The lowest BCUT2D eigenvalue weighted by atomic mass is 9.93. The Balaban J connectivity index is 2.43. The van der Waals surface area contributed by atoms with Crippen LogP contribution in [0.3, 0.4) is 0 Å². The molecule has 4 nitrogen and oxygen atoms in total. The molecule has 1 aliphatic rings. The van der Waals surface area contributed by atoms with Crippen LogP contribution in [0.2, 0.25) is 0 Å². The van der Waals surface area contributed by atoms with Crippen LogP contribution in [0, 0.1) is 12.7 Å². The summed E-state index contributed by atoms with van der Waals surface area (Å²) in [6.45, 7) is 1.61. The second-order valence-electron chi connectivity index (χ2n) is 4.94. The first-order valence-electron chi connectivity index (χ1n) is 6.44. The Labute approximate surface area is 107 Å². The standard InChI is InChI=1S/C13H20FN3O/c1-9-10(14)11(15)17-12(16-9)13(18-2)7-5-3-4-6-8-13/h3-8H2,1-2H3,(H2,15,16,17). The Morgan fingerprint density at radius 3 is 2.28 bits per heavy atom. The molecule has 1 aliphatic carbocycles. The van der Waals surface area contributed by atoms with Crippen LogP contribution in [0.25, 0.3) is 0 Å². The molecule has 0 aromatic carbocycles. The Morgan fingerprint density at radius 1 is 1.17 bits per heavy atom. The number of methoxy groups -OCH3 is 1. The number of nitrogens with zero attached hydrogens (tertiary/aromatic N) is 2. The highest BCUT2D eigenvalue weighted by Gasteiger charge is 2.36. The van der Waals surface area contributed by atoms with Crippen molar-refractivity contribution < 1.29 is 9.13 Å². The van der Waals surface area contributed by atoms with Crippen molar-refractivity contribution >= 4 is 5.82 Å². The zero-order chi connectivity index (χ0) is 13.2. The molecule has 1 fully saturated rings. The molecule has 0 unspecified atom stereocenters. The van der Waals surface area contributed by atoms with Crippen LogP contribution >= 0.6 is 0 Å². The Kier molecular flexibility index (Phi) is 3.80. The van der Waals surface area contributed by atoms with Crippen molar-refractivity contribution in [3.05, 3.63) is 17.3 Å². The molecule has 18 heavy (non-hydrogen) atoms. The first kappa shape index (κ1) is 13.2. The Bertz CT molecular complexity index is 405. The second-order valence-corrected chi connectivity index (χ2v) is 4.94. The molecule has 2 N–H and O–H groups in total. The fraction of sp³-hybridized carbons (Fsp3) is 0.692. The first-order valence-corrected chi connectivity index (χ1v) is 6.44. The lowest BCUT2D eigenvalue weighted by Crippen LogP contribution is -2.31. The molecule has 100 valence electrons. The van der Waals surface area contributed by atoms with Crippen molar-refractivity contribution in [3.8, 4) is 0 Å². The van der Waals surface area contributed by atoms with E-state index in [4.69, 9.17) is 10.5 Å². The minimum Gasteiger partial charge on any atom is -0.381 e. The molecular formula is C13H20FN3O. The molecule has 1 saturated carbocycles. The molecule has 5 heteroatoms. The number of aromatic nitrogens is 2. The molecule has 0 saturated heterocycles. The van der Waals surface area contributed by atoms with Gasteiger partial charge in [-0.2, -0.15) is 0 Å². The smallest absolute Gasteiger partial charge is 0.186 e. The van der Waals surface area contributed by atoms with Crippen LogP contribution in [0.4, 0.5) is 10.2 Å². The highest BCUT2D eigenvalue weighted by molar-refractivity contribution is 5.33. The van der Waals surface area contributed by atoms with Gasteiger partial charge in [0.05, 0.1) is 5.69 Å². The van der Waals surface area contributed by atoms with E-state index in [9.17, 15) is 4.39 Å². The monoisotopic (exact) mass is 253 g/mol. The SMILES string of the molecule is COC1(c2nc(C)c(F)c(N)n2)CCCCCC1. The summed E-state index contributed by atoms with van der Waals surface area (Å²) < 4.78 is 19.2. The minimum absolute atomic E-state index is 0.0850. The van der Waals surface area contributed by atoms with E-state index in [0.29, 0.717) is 5.82 Å². The molecular weight excluding hydrogens is 233 g/mol. The zero-order valence-electron chi connectivity index (χ0n) is 11.0. The quantitative estimate of drug-likeness (QED) is 0.823. The second kappa shape index (κ2) is 5.18. The van der Waals surface area contributed by atoms with E-state index < -0.39 is 11.4 Å². The first-order chi connectivity index (χ1) is 8.59. The van der Waals surface area contributed by atoms with Gasteiger partial charge in [0, 0.05) is 7.11 Å². The number of hydrogen-bond donors (Lipinski definition) is 1. The summed E-state index contributed by atoms with van der Waals surface area (Å²) in [4.78, 5) is 8.36. The van der Waals surface area contributed by atoms with Gasteiger partial charge < -0.3 is 10.5 Å². The molecule has 0 radical (unpaired) electrons. The van der Waals surface area contributed by atoms with Crippen molar-refractivity contribution in [2.75, 3.05) is 12.8 Å². The summed E-state index contributed by atoms with van der Waals surface area (Å²) in [5.74, 6) is -0.0832. The van der Waals surface area contributed by atoms with Crippen LogP contribution in [0.15, 0.2) is 0 Å². The van der Waals surface area contributed by atoms with E-state index in [2.05, 4.69) is 9.97 Å². The third-order valence-corrected chi connectivity index (χ3v) is 3.75. The van der Waals surface area contributed by atoms with Gasteiger partial charge in [0.15, 0.2) is 17.5 Å². The lowest BCUT2D eigenvalue weighted by molar-refractivity contribution is -0.0352. The normalized spacial score (nSPS) is 19.5. The van der Waals surface area contributed by atoms with E-state index in [0.717, 1.165) is 25.7 Å². The largest absolute Gasteiger partial charge is 0.381 e. The molecule has 1 aromatic rings.